The highest BCUT2D eigenvalue weighted by atomic mass is 16.7. The van der Waals surface area contributed by atoms with Crippen molar-refractivity contribution in [1.29, 1.82) is 0 Å². The van der Waals surface area contributed by atoms with Crippen LogP contribution in [0.2, 0.25) is 0 Å². The van der Waals surface area contributed by atoms with Gasteiger partial charge in [-0.15, -0.1) is 0 Å². The molecule has 4 heteroatoms. The zero-order chi connectivity index (χ0) is 15.6. The number of nitrogens with zero attached hydrogens (tertiary/aromatic N) is 1. The van der Waals surface area contributed by atoms with E-state index in [1.54, 1.807) is 7.11 Å². The molecule has 1 aliphatic heterocycles. The zero-order valence-electron chi connectivity index (χ0n) is 12.9. The third kappa shape index (κ3) is 2.67. The lowest BCUT2D eigenvalue weighted by Gasteiger charge is -2.14. The van der Waals surface area contributed by atoms with Crippen molar-refractivity contribution in [3.8, 4) is 5.75 Å². The van der Waals surface area contributed by atoms with E-state index < -0.39 is 6.29 Å². The van der Waals surface area contributed by atoms with Gasteiger partial charge < -0.3 is 14.2 Å². The Morgan fingerprint density at radius 2 is 1.96 bits per heavy atom. The first-order valence-corrected chi connectivity index (χ1v) is 7.59. The van der Waals surface area contributed by atoms with Crippen LogP contribution in [0.5, 0.6) is 5.75 Å². The molecule has 116 valence electrons. The average molecular weight is 307 g/mol. The van der Waals surface area contributed by atoms with Crippen LogP contribution in [0.1, 0.15) is 23.1 Å². The van der Waals surface area contributed by atoms with E-state index in [0.717, 1.165) is 33.5 Å². The third-order valence-electron chi connectivity index (χ3n) is 4.03. The summed E-state index contributed by atoms with van der Waals surface area (Å²) in [5, 5.41) is 1.13. The van der Waals surface area contributed by atoms with Crippen LogP contribution < -0.4 is 4.74 Å². The Morgan fingerprint density at radius 1 is 1.13 bits per heavy atom. The van der Waals surface area contributed by atoms with E-state index in [1.807, 2.05) is 42.5 Å². The molecule has 23 heavy (non-hydrogen) atoms. The minimum absolute atomic E-state index is 0.419. The summed E-state index contributed by atoms with van der Waals surface area (Å²) in [5.74, 6) is 0.817. The van der Waals surface area contributed by atoms with Crippen LogP contribution in [0, 0.1) is 0 Å². The SMILES string of the molecule is COc1ccccc1COC1OCc2cc3ccccc3nc21. The van der Waals surface area contributed by atoms with Crippen LogP contribution >= 0.6 is 0 Å². The lowest BCUT2D eigenvalue weighted by atomic mass is 10.1. The number of hydrogen-bond donors (Lipinski definition) is 0. The van der Waals surface area contributed by atoms with Gasteiger partial charge in [0, 0.05) is 16.5 Å². The summed E-state index contributed by atoms with van der Waals surface area (Å²) in [7, 11) is 1.66. The van der Waals surface area contributed by atoms with Crippen molar-refractivity contribution in [2.45, 2.75) is 19.5 Å². The fourth-order valence-corrected chi connectivity index (χ4v) is 2.85. The number of pyridine rings is 1. The number of rotatable bonds is 4. The topological polar surface area (TPSA) is 40.6 Å². The maximum Gasteiger partial charge on any atom is 0.202 e. The number of ether oxygens (including phenoxy) is 3. The van der Waals surface area contributed by atoms with Crippen LogP contribution in [0.4, 0.5) is 0 Å². The molecule has 1 aromatic heterocycles. The smallest absolute Gasteiger partial charge is 0.202 e. The number of methoxy groups -OCH3 is 1. The van der Waals surface area contributed by atoms with Crippen molar-refractivity contribution in [3.63, 3.8) is 0 Å². The normalized spacial score (nSPS) is 16.5. The fraction of sp³-hybridized carbons (Fsp3) is 0.211. The zero-order valence-corrected chi connectivity index (χ0v) is 12.9. The first-order valence-electron chi connectivity index (χ1n) is 7.59. The van der Waals surface area contributed by atoms with Gasteiger partial charge in [-0.25, -0.2) is 4.98 Å². The van der Waals surface area contributed by atoms with Gasteiger partial charge in [0.2, 0.25) is 6.29 Å². The largest absolute Gasteiger partial charge is 0.496 e. The Kier molecular flexibility index (Phi) is 3.69. The molecule has 0 fully saturated rings. The Balaban J connectivity index is 1.57. The van der Waals surface area contributed by atoms with Gasteiger partial charge in [0.25, 0.3) is 0 Å². The molecule has 0 saturated heterocycles. The molecule has 3 aromatic rings. The molecule has 0 amide bonds. The third-order valence-corrected chi connectivity index (χ3v) is 4.03. The summed E-state index contributed by atoms with van der Waals surface area (Å²) < 4.78 is 17.1. The quantitative estimate of drug-likeness (QED) is 0.731. The lowest BCUT2D eigenvalue weighted by molar-refractivity contribution is -0.147. The highest BCUT2D eigenvalue weighted by Crippen LogP contribution is 2.33. The first-order chi connectivity index (χ1) is 11.3. The molecule has 4 rings (SSSR count). The molecule has 0 N–H and O–H groups in total. The molecule has 1 aliphatic rings. The minimum Gasteiger partial charge on any atom is -0.496 e. The van der Waals surface area contributed by atoms with Gasteiger partial charge in [0.15, 0.2) is 0 Å². The van der Waals surface area contributed by atoms with Gasteiger partial charge in [-0.05, 0) is 18.2 Å². The van der Waals surface area contributed by atoms with Crippen molar-refractivity contribution in [3.05, 3.63) is 71.4 Å². The molecule has 2 heterocycles. The summed E-state index contributed by atoms with van der Waals surface area (Å²) in [6.07, 6.45) is -0.431. The van der Waals surface area contributed by atoms with E-state index in [4.69, 9.17) is 19.2 Å². The van der Waals surface area contributed by atoms with Crippen LogP contribution in [-0.2, 0) is 22.7 Å². The minimum atomic E-state index is -0.431. The highest BCUT2D eigenvalue weighted by molar-refractivity contribution is 5.79. The molecule has 2 aromatic carbocycles. The van der Waals surface area contributed by atoms with Crippen molar-refractivity contribution < 1.29 is 14.2 Å². The van der Waals surface area contributed by atoms with Crippen molar-refractivity contribution in [1.82, 2.24) is 4.98 Å². The second-order valence-corrected chi connectivity index (χ2v) is 5.49. The van der Waals surface area contributed by atoms with E-state index >= 15 is 0 Å². The molecule has 1 unspecified atom stereocenters. The fourth-order valence-electron chi connectivity index (χ4n) is 2.85. The van der Waals surface area contributed by atoms with Gasteiger partial charge >= 0.3 is 0 Å². The number of para-hydroxylation sites is 2. The van der Waals surface area contributed by atoms with Gasteiger partial charge in [-0.2, -0.15) is 0 Å². The lowest BCUT2D eigenvalue weighted by Crippen LogP contribution is -2.05. The van der Waals surface area contributed by atoms with Crippen LogP contribution in [0.3, 0.4) is 0 Å². The van der Waals surface area contributed by atoms with E-state index in [2.05, 4.69) is 12.1 Å². The predicted octanol–water partition coefficient (Wildman–Crippen LogP) is 3.99. The Labute approximate surface area is 134 Å². The first kappa shape index (κ1) is 14.2. The van der Waals surface area contributed by atoms with E-state index in [-0.39, 0.29) is 0 Å². The molecule has 4 nitrogen and oxygen atoms in total. The van der Waals surface area contributed by atoms with Gasteiger partial charge in [0.1, 0.15) is 11.4 Å². The highest BCUT2D eigenvalue weighted by Gasteiger charge is 2.26. The van der Waals surface area contributed by atoms with Crippen LogP contribution in [0.15, 0.2) is 54.6 Å². The predicted molar refractivity (Wildman–Crippen MR) is 87.1 cm³/mol. The maximum absolute atomic E-state index is 5.94. The molecule has 0 bridgehead atoms. The Bertz CT molecular complexity index is 847. The van der Waals surface area contributed by atoms with Crippen LogP contribution in [0.25, 0.3) is 10.9 Å². The second-order valence-electron chi connectivity index (χ2n) is 5.49. The molecule has 0 saturated carbocycles. The number of aromatic nitrogens is 1. The van der Waals surface area contributed by atoms with Crippen molar-refractivity contribution in [2.24, 2.45) is 0 Å². The van der Waals surface area contributed by atoms with Crippen molar-refractivity contribution >= 4 is 10.9 Å². The summed E-state index contributed by atoms with van der Waals surface area (Å²) in [5.41, 5.74) is 3.92. The van der Waals surface area contributed by atoms with Crippen molar-refractivity contribution in [2.75, 3.05) is 7.11 Å². The maximum atomic E-state index is 5.94. The second kappa shape index (κ2) is 5.99. The number of hydrogen-bond acceptors (Lipinski definition) is 4. The summed E-state index contributed by atoms with van der Waals surface area (Å²) in [6.45, 7) is 0.951. The summed E-state index contributed by atoms with van der Waals surface area (Å²) >= 11 is 0. The molecule has 1 atom stereocenters. The van der Waals surface area contributed by atoms with Gasteiger partial charge in [-0.1, -0.05) is 36.4 Å². The Morgan fingerprint density at radius 3 is 2.87 bits per heavy atom. The molecular weight excluding hydrogens is 290 g/mol. The van der Waals surface area contributed by atoms with E-state index in [1.165, 1.54) is 0 Å². The standard InChI is InChI=1S/C19H17NO3/c1-21-17-9-5-3-7-14(17)11-22-19-18-15(12-23-19)10-13-6-2-4-8-16(13)20-18/h2-10,19H,11-12H2,1H3. The summed E-state index contributed by atoms with van der Waals surface area (Å²) in [6, 6.07) is 18.0. The van der Waals surface area contributed by atoms with Crippen LogP contribution in [-0.4, -0.2) is 12.1 Å². The average Bonchev–Trinajstić information content (AvgIpc) is 3.00. The molecule has 0 radical (unpaired) electrons. The van der Waals surface area contributed by atoms with Gasteiger partial charge in [0.05, 0.1) is 25.8 Å². The monoisotopic (exact) mass is 307 g/mol. The van der Waals surface area contributed by atoms with Gasteiger partial charge in [-0.3, -0.25) is 0 Å². The van der Waals surface area contributed by atoms with E-state index in [0.29, 0.717) is 13.2 Å². The Hall–Kier alpha value is -2.43. The summed E-state index contributed by atoms with van der Waals surface area (Å²) in [4.78, 5) is 4.71. The number of fused-ring (bicyclic) bond motifs is 2. The van der Waals surface area contributed by atoms with E-state index in [9.17, 15) is 0 Å². The molecule has 0 aliphatic carbocycles. The number of benzene rings is 2. The molecular formula is C19H17NO3. The molecule has 0 spiro atoms.